The van der Waals surface area contributed by atoms with Crippen molar-refractivity contribution < 1.29 is 4.79 Å². The summed E-state index contributed by atoms with van der Waals surface area (Å²) < 4.78 is 1.77. The molecule has 5 nitrogen and oxygen atoms in total. The topological polar surface area (TPSA) is 59.8 Å². The molecule has 0 aliphatic carbocycles. The maximum Gasteiger partial charge on any atom is 0.255 e. The minimum Gasteiger partial charge on any atom is -0.339 e. The molecule has 1 amide bonds. The van der Waals surface area contributed by atoms with E-state index in [2.05, 4.69) is 15.4 Å². The molecule has 0 fully saturated rings. The molecule has 0 saturated heterocycles. The van der Waals surface area contributed by atoms with E-state index in [0.717, 1.165) is 22.6 Å². The predicted molar refractivity (Wildman–Crippen MR) is 108 cm³/mol. The fraction of sp³-hybridized carbons (Fsp3) is 0.0870. The Morgan fingerprint density at radius 3 is 2.29 bits per heavy atom. The number of nitrogens with one attached hydrogen (secondary N) is 1. The van der Waals surface area contributed by atoms with Crippen LogP contribution in [-0.2, 0) is 0 Å². The number of benzene rings is 2. The first-order valence-corrected chi connectivity index (χ1v) is 9.11. The highest BCUT2D eigenvalue weighted by atomic mass is 16.1. The average Bonchev–Trinajstić information content (AvgIpc) is 3.15. The molecule has 1 N–H and O–H groups in total. The Kier molecular flexibility index (Phi) is 4.97. The van der Waals surface area contributed by atoms with Gasteiger partial charge < -0.3 is 5.32 Å². The molecule has 0 aliphatic heterocycles. The number of carbonyl (C=O) groups excluding carboxylic acids is 1. The van der Waals surface area contributed by atoms with Crippen LogP contribution < -0.4 is 5.32 Å². The maximum absolute atomic E-state index is 13.1. The van der Waals surface area contributed by atoms with E-state index in [1.807, 2.05) is 85.8 Å². The van der Waals surface area contributed by atoms with E-state index in [1.54, 1.807) is 17.1 Å². The fourth-order valence-electron chi connectivity index (χ4n) is 3.19. The van der Waals surface area contributed by atoms with Crippen molar-refractivity contribution in [3.63, 3.8) is 0 Å². The lowest BCUT2D eigenvalue weighted by Gasteiger charge is -2.19. The molecule has 2 aromatic carbocycles. The summed E-state index contributed by atoms with van der Waals surface area (Å²) in [5.41, 5.74) is 4.01. The van der Waals surface area contributed by atoms with Crippen LogP contribution in [-0.4, -0.2) is 20.7 Å². The minimum absolute atomic E-state index is 0.181. The van der Waals surface area contributed by atoms with Crippen molar-refractivity contribution >= 4 is 5.91 Å². The highest BCUT2D eigenvalue weighted by Crippen LogP contribution is 2.21. The van der Waals surface area contributed by atoms with Gasteiger partial charge in [0.2, 0.25) is 0 Å². The lowest BCUT2D eigenvalue weighted by atomic mass is 10.0. The predicted octanol–water partition coefficient (Wildman–Crippen LogP) is 4.10. The molecule has 5 heteroatoms. The fourth-order valence-corrected chi connectivity index (χ4v) is 3.19. The number of para-hydroxylation sites is 1. The van der Waals surface area contributed by atoms with E-state index in [1.165, 1.54) is 0 Å². The normalized spacial score (nSPS) is 11.8. The van der Waals surface area contributed by atoms with Gasteiger partial charge in [-0.3, -0.25) is 9.78 Å². The zero-order chi connectivity index (χ0) is 19.3. The van der Waals surface area contributed by atoms with Crippen molar-refractivity contribution in [1.29, 1.82) is 0 Å². The third-order valence-electron chi connectivity index (χ3n) is 4.65. The molecule has 0 radical (unpaired) electrons. The Bertz CT molecular complexity index is 1020. The molecule has 0 aliphatic rings. The number of nitrogens with zero attached hydrogens (tertiary/aromatic N) is 3. The van der Waals surface area contributed by atoms with Gasteiger partial charge in [-0.1, -0.05) is 54.6 Å². The maximum atomic E-state index is 13.1. The SMILES string of the molecule is Cc1c(C(=O)N[C@H](c2ccccc2)c2ccccn2)cnn1-c1ccccc1. The van der Waals surface area contributed by atoms with Crippen molar-refractivity contribution in [3.8, 4) is 5.69 Å². The van der Waals surface area contributed by atoms with E-state index in [9.17, 15) is 4.79 Å². The van der Waals surface area contributed by atoms with Gasteiger partial charge >= 0.3 is 0 Å². The number of amides is 1. The molecule has 0 saturated carbocycles. The van der Waals surface area contributed by atoms with E-state index >= 15 is 0 Å². The van der Waals surface area contributed by atoms with Gasteiger partial charge in [0.25, 0.3) is 5.91 Å². The molecule has 4 rings (SSSR count). The van der Waals surface area contributed by atoms with E-state index < -0.39 is 0 Å². The third-order valence-corrected chi connectivity index (χ3v) is 4.65. The van der Waals surface area contributed by atoms with Gasteiger partial charge in [-0.05, 0) is 36.8 Å². The highest BCUT2D eigenvalue weighted by molar-refractivity contribution is 5.95. The summed E-state index contributed by atoms with van der Waals surface area (Å²) in [7, 11) is 0. The molecule has 2 aromatic heterocycles. The second-order valence-electron chi connectivity index (χ2n) is 6.46. The standard InChI is InChI=1S/C23H20N4O/c1-17-20(16-25-27(17)19-12-6-3-7-13-19)23(28)26-22(18-10-4-2-5-11-18)21-14-8-9-15-24-21/h2-16,22H,1H3,(H,26,28)/t22-/m1/s1. The second-order valence-corrected chi connectivity index (χ2v) is 6.46. The first kappa shape index (κ1) is 17.7. The van der Waals surface area contributed by atoms with Crippen LogP contribution in [0.25, 0.3) is 5.69 Å². The smallest absolute Gasteiger partial charge is 0.255 e. The Morgan fingerprint density at radius 2 is 1.61 bits per heavy atom. The largest absolute Gasteiger partial charge is 0.339 e. The molecule has 4 aromatic rings. The number of aromatic nitrogens is 3. The second kappa shape index (κ2) is 7.88. The van der Waals surface area contributed by atoms with Crippen LogP contribution in [0.5, 0.6) is 0 Å². The van der Waals surface area contributed by atoms with Crippen molar-refractivity contribution in [1.82, 2.24) is 20.1 Å². The molecular weight excluding hydrogens is 348 g/mol. The van der Waals surface area contributed by atoms with Gasteiger partial charge in [-0.15, -0.1) is 0 Å². The zero-order valence-corrected chi connectivity index (χ0v) is 15.5. The van der Waals surface area contributed by atoms with Crippen LogP contribution in [0, 0.1) is 6.92 Å². The molecular formula is C23H20N4O. The van der Waals surface area contributed by atoms with Gasteiger partial charge in [0, 0.05) is 6.20 Å². The van der Waals surface area contributed by atoms with Crippen LogP contribution >= 0.6 is 0 Å². The quantitative estimate of drug-likeness (QED) is 0.577. The summed E-state index contributed by atoms with van der Waals surface area (Å²) in [5.74, 6) is -0.181. The molecule has 0 unspecified atom stereocenters. The van der Waals surface area contributed by atoms with E-state index in [4.69, 9.17) is 0 Å². The Labute approximate surface area is 163 Å². The van der Waals surface area contributed by atoms with Crippen molar-refractivity contribution in [2.75, 3.05) is 0 Å². The minimum atomic E-state index is -0.339. The van der Waals surface area contributed by atoms with Gasteiger partial charge in [-0.2, -0.15) is 5.10 Å². The number of carbonyl (C=O) groups is 1. The Hall–Kier alpha value is -3.73. The summed E-state index contributed by atoms with van der Waals surface area (Å²) in [6, 6.07) is 25.0. The van der Waals surface area contributed by atoms with Gasteiger partial charge in [0.15, 0.2) is 0 Å². The van der Waals surface area contributed by atoms with Crippen molar-refractivity contribution in [2.24, 2.45) is 0 Å². The Morgan fingerprint density at radius 1 is 0.929 bits per heavy atom. The molecule has 138 valence electrons. The number of hydrogen-bond donors (Lipinski definition) is 1. The Balaban J connectivity index is 1.65. The first-order valence-electron chi connectivity index (χ1n) is 9.11. The summed E-state index contributed by atoms with van der Waals surface area (Å²) in [5, 5.41) is 7.52. The molecule has 0 spiro atoms. The molecule has 2 heterocycles. The summed E-state index contributed by atoms with van der Waals surface area (Å²) in [6.45, 7) is 1.90. The number of pyridine rings is 1. The van der Waals surface area contributed by atoms with E-state index in [-0.39, 0.29) is 11.9 Å². The third kappa shape index (κ3) is 3.55. The van der Waals surface area contributed by atoms with Crippen LogP contribution in [0.2, 0.25) is 0 Å². The zero-order valence-electron chi connectivity index (χ0n) is 15.5. The van der Waals surface area contributed by atoms with Crippen molar-refractivity contribution in [3.05, 3.63) is 114 Å². The van der Waals surface area contributed by atoms with E-state index in [0.29, 0.717) is 5.56 Å². The van der Waals surface area contributed by atoms with Gasteiger partial charge in [0.1, 0.15) is 0 Å². The molecule has 28 heavy (non-hydrogen) atoms. The highest BCUT2D eigenvalue weighted by Gasteiger charge is 2.21. The summed E-state index contributed by atoms with van der Waals surface area (Å²) in [4.78, 5) is 17.5. The van der Waals surface area contributed by atoms with Crippen LogP contribution in [0.1, 0.15) is 33.4 Å². The summed E-state index contributed by atoms with van der Waals surface area (Å²) >= 11 is 0. The molecule has 1 atom stereocenters. The van der Waals surface area contributed by atoms with Gasteiger partial charge in [0.05, 0.1) is 34.9 Å². The first-order chi connectivity index (χ1) is 13.7. The monoisotopic (exact) mass is 368 g/mol. The van der Waals surface area contributed by atoms with Crippen molar-refractivity contribution in [2.45, 2.75) is 13.0 Å². The van der Waals surface area contributed by atoms with Crippen LogP contribution in [0.3, 0.4) is 0 Å². The van der Waals surface area contributed by atoms with Gasteiger partial charge in [-0.25, -0.2) is 4.68 Å². The lowest BCUT2D eigenvalue weighted by molar-refractivity contribution is 0.0941. The number of rotatable bonds is 5. The molecule has 0 bridgehead atoms. The summed E-state index contributed by atoms with van der Waals surface area (Å²) in [6.07, 6.45) is 3.34. The van der Waals surface area contributed by atoms with Crippen LogP contribution in [0.4, 0.5) is 0 Å². The number of hydrogen-bond acceptors (Lipinski definition) is 3. The van der Waals surface area contributed by atoms with Crippen LogP contribution in [0.15, 0.2) is 91.3 Å². The average molecular weight is 368 g/mol. The lowest BCUT2D eigenvalue weighted by Crippen LogP contribution is -2.30.